The highest BCUT2D eigenvalue weighted by Gasteiger charge is 2.32. The fourth-order valence-electron chi connectivity index (χ4n) is 17.2. The number of phenols is 7. The molecular weight excluding hydrogens is 1650 g/mol. The van der Waals surface area contributed by atoms with Crippen LogP contribution in [0.1, 0.15) is 0 Å². The maximum Gasteiger partial charge on any atom is 0.127 e. The van der Waals surface area contributed by atoms with Crippen molar-refractivity contribution in [1.82, 2.24) is 0 Å². The van der Waals surface area contributed by atoms with Gasteiger partial charge >= 0.3 is 0 Å². The normalized spacial score (nSPS) is 15.0. The summed E-state index contributed by atoms with van der Waals surface area (Å²) in [4.78, 5) is 34.2. The van der Waals surface area contributed by atoms with Crippen molar-refractivity contribution in [2.24, 2.45) is 0 Å². The standard InChI is InChI=1S/C105H97N15O11/c121-91-31-1-76(2-32-91)106-61-107(77-3-33-92(122)34-4-77)65-113(64-106)83-15-45-98(46-16-83)128-101-51-21-86(22-52-101)116-70-112(82-13-43-97(127)44-14-82)71-117(72-116)87-23-53-102(54-24-87)131-105-59-29-90(30-60-105)120-74-118(88-25-55-103(56-26-88)129-99-47-17-84(18-48-99)114-66-108(78-5-35-93(123)36-6-78)62-109(67-114)79-7-37-94(124)38-8-79)73-119(75-120)89-27-57-104(58-28-89)130-100-49-19-85(20-50-100)115-68-110(80-9-39-95(125)40-10-80)63-111(69-115)81-11-41-96(126)42-12-81/h1-60,121-127H,61-75H2. The summed E-state index contributed by atoms with van der Waals surface area (Å²) in [6.45, 7) is 8.97. The zero-order valence-corrected chi connectivity index (χ0v) is 71.7. The second-order valence-corrected chi connectivity index (χ2v) is 33.2. The molecule has 0 aliphatic carbocycles. The number of ether oxygens (including phenoxy) is 4. The molecular formula is C105H97N15O11. The third-order valence-electron chi connectivity index (χ3n) is 24.2. The van der Waals surface area contributed by atoms with Crippen LogP contribution in [0, 0.1) is 0 Å². The monoisotopic (exact) mass is 1740 g/mol. The van der Waals surface area contributed by atoms with E-state index in [0.29, 0.717) is 146 Å². The van der Waals surface area contributed by atoms with Gasteiger partial charge in [-0.3, -0.25) is 0 Å². The van der Waals surface area contributed by atoms with Gasteiger partial charge in [0.1, 0.15) is 86.2 Å². The van der Waals surface area contributed by atoms with Crippen LogP contribution in [0.5, 0.6) is 86.2 Å². The number of hydrogen-bond donors (Lipinski definition) is 7. The lowest BCUT2D eigenvalue weighted by atomic mass is 10.2. The van der Waals surface area contributed by atoms with Gasteiger partial charge in [0, 0.05) is 85.3 Å². The number of phenolic OH excluding ortho intramolecular Hbond substituents is 7. The van der Waals surface area contributed by atoms with E-state index in [4.69, 9.17) is 18.9 Å². The van der Waals surface area contributed by atoms with Crippen molar-refractivity contribution in [3.8, 4) is 86.2 Å². The first-order valence-corrected chi connectivity index (χ1v) is 43.4. The molecule has 26 heteroatoms. The summed E-state index contributed by atoms with van der Waals surface area (Å²) < 4.78 is 26.3. The highest BCUT2D eigenvalue weighted by Crippen LogP contribution is 2.41. The minimum Gasteiger partial charge on any atom is -0.508 e. The quantitative estimate of drug-likeness (QED) is 0.0316. The van der Waals surface area contributed by atoms with Crippen molar-refractivity contribution < 1.29 is 54.7 Å². The Morgan fingerprint density at radius 3 is 0.252 bits per heavy atom. The van der Waals surface area contributed by atoms with Crippen molar-refractivity contribution in [3.05, 3.63) is 364 Å². The third-order valence-corrected chi connectivity index (χ3v) is 24.2. The van der Waals surface area contributed by atoms with Crippen molar-refractivity contribution in [2.45, 2.75) is 0 Å². The number of hydrogen-bond acceptors (Lipinski definition) is 26. The van der Waals surface area contributed by atoms with Gasteiger partial charge in [-0.25, -0.2) is 0 Å². The summed E-state index contributed by atoms with van der Waals surface area (Å²) in [5.74, 6) is 6.99. The Balaban J connectivity index is 0.508. The number of aromatic hydroxyl groups is 7. The molecule has 0 saturated carbocycles. The summed E-state index contributed by atoms with van der Waals surface area (Å²) in [5, 5.41) is 71.0. The molecule has 0 radical (unpaired) electrons. The Morgan fingerprint density at radius 1 is 0.107 bits per heavy atom. The SMILES string of the molecule is Oc1ccc(N2CN(c3ccc(O)cc3)CN(c3ccc(Oc4ccc(N5CN(c6ccc(O)cc6)CN(c6ccc(Oc7ccc(N8CN(c9ccc(Oc%10ccc(N%11CN(c%12ccc(O)cc%12)CN(c%12ccc(O)cc%12)C%11)cc%10)cc9)CN(c9ccc(Oc%10ccc(N%11CN(c%12ccc(O)cc%12)CN(c%12ccc(O)cc%12)C%11)cc%10)cc9)C8)cc7)cc6)C5)cc4)cc3)C2)cc1. The second kappa shape index (κ2) is 36.6. The molecule has 0 spiro atoms. The predicted octanol–water partition coefficient (Wildman–Crippen LogP) is 20.3. The van der Waals surface area contributed by atoms with Gasteiger partial charge in [-0.2, -0.15) is 0 Å². The number of benzene rings is 15. The van der Waals surface area contributed by atoms with E-state index in [0.717, 1.165) is 85.3 Å². The van der Waals surface area contributed by atoms with E-state index in [1.54, 1.807) is 84.9 Å². The Hall–Kier alpha value is -16.9. The molecule has 5 saturated heterocycles. The smallest absolute Gasteiger partial charge is 0.127 e. The molecule has 15 aromatic rings. The van der Waals surface area contributed by atoms with E-state index < -0.39 is 0 Å². The molecule has 0 bridgehead atoms. The maximum absolute atomic E-state index is 10.4. The highest BCUT2D eigenvalue weighted by atomic mass is 16.5. The van der Waals surface area contributed by atoms with Gasteiger partial charge in [0.2, 0.25) is 0 Å². The van der Waals surface area contributed by atoms with Crippen LogP contribution in [0.3, 0.4) is 0 Å². The van der Waals surface area contributed by atoms with E-state index in [9.17, 15) is 35.7 Å². The largest absolute Gasteiger partial charge is 0.508 e. The lowest BCUT2D eigenvalue weighted by molar-refractivity contribution is 0.474. The Kier molecular flexibility index (Phi) is 23.0. The van der Waals surface area contributed by atoms with Crippen LogP contribution < -0.4 is 92.4 Å². The Labute approximate surface area is 759 Å². The van der Waals surface area contributed by atoms with Gasteiger partial charge in [-0.1, -0.05) is 0 Å². The van der Waals surface area contributed by atoms with Crippen molar-refractivity contribution in [1.29, 1.82) is 0 Å². The van der Waals surface area contributed by atoms with E-state index in [1.165, 1.54) is 0 Å². The maximum atomic E-state index is 10.4. The average Bonchev–Trinajstić information content (AvgIpc) is 0.822. The van der Waals surface area contributed by atoms with E-state index in [1.807, 2.05) is 182 Å². The van der Waals surface area contributed by atoms with E-state index >= 15 is 0 Å². The van der Waals surface area contributed by atoms with Crippen molar-refractivity contribution in [3.63, 3.8) is 0 Å². The van der Waals surface area contributed by atoms with Crippen LogP contribution in [0.15, 0.2) is 364 Å². The second-order valence-electron chi connectivity index (χ2n) is 33.2. The molecule has 131 heavy (non-hydrogen) atoms. The fourth-order valence-corrected chi connectivity index (χ4v) is 17.2. The summed E-state index contributed by atoms with van der Waals surface area (Å²) in [6, 6.07) is 116. The van der Waals surface area contributed by atoms with Crippen molar-refractivity contribution in [2.75, 3.05) is 174 Å². The molecule has 26 nitrogen and oxygen atoms in total. The number of anilines is 15. The van der Waals surface area contributed by atoms with Crippen LogP contribution in [0.25, 0.3) is 0 Å². The van der Waals surface area contributed by atoms with Crippen LogP contribution in [0.4, 0.5) is 85.3 Å². The molecule has 20 rings (SSSR count). The molecule has 5 aliphatic heterocycles. The number of rotatable bonds is 23. The zero-order valence-electron chi connectivity index (χ0n) is 71.7. The minimum atomic E-state index is 0.200. The molecule has 0 atom stereocenters. The minimum absolute atomic E-state index is 0.200. The topological polar surface area (TPSA) is 227 Å². The first-order valence-electron chi connectivity index (χ1n) is 43.4. The molecule has 0 aromatic heterocycles. The zero-order chi connectivity index (χ0) is 88.8. The van der Waals surface area contributed by atoms with Crippen molar-refractivity contribution >= 4 is 85.3 Å². The summed E-state index contributed by atoms with van der Waals surface area (Å²) in [5.41, 5.74) is 14.8. The van der Waals surface area contributed by atoms with Crippen LogP contribution in [-0.2, 0) is 0 Å². The number of nitrogens with zero attached hydrogens (tertiary/aromatic N) is 15. The molecule has 0 amide bonds. The van der Waals surface area contributed by atoms with Crippen LogP contribution in [-0.4, -0.2) is 136 Å². The van der Waals surface area contributed by atoms with Gasteiger partial charge in [0.25, 0.3) is 0 Å². The van der Waals surface area contributed by atoms with E-state index in [2.05, 4.69) is 171 Å². The van der Waals surface area contributed by atoms with Gasteiger partial charge in [0.15, 0.2) is 0 Å². The lowest BCUT2D eigenvalue weighted by Crippen LogP contribution is -2.55. The molecule has 15 aromatic carbocycles. The molecule has 7 N–H and O–H groups in total. The third kappa shape index (κ3) is 19.3. The van der Waals surface area contributed by atoms with Gasteiger partial charge in [-0.05, 0) is 364 Å². The fraction of sp³-hybridized carbons (Fsp3) is 0.143. The summed E-state index contributed by atoms with van der Waals surface area (Å²) >= 11 is 0. The molecule has 5 heterocycles. The Bertz CT molecular complexity index is 5960. The van der Waals surface area contributed by atoms with Crippen LogP contribution >= 0.6 is 0 Å². The Morgan fingerprint density at radius 2 is 0.176 bits per heavy atom. The highest BCUT2D eigenvalue weighted by molar-refractivity contribution is 5.69. The lowest BCUT2D eigenvalue weighted by Gasteiger charge is -2.45. The van der Waals surface area contributed by atoms with Crippen LogP contribution in [0.2, 0.25) is 0 Å². The molecule has 0 unspecified atom stereocenters. The molecule has 5 fully saturated rings. The predicted molar refractivity (Wildman–Crippen MR) is 519 cm³/mol. The molecule has 658 valence electrons. The summed E-state index contributed by atoms with van der Waals surface area (Å²) in [6.07, 6.45) is 0. The van der Waals surface area contributed by atoms with Gasteiger partial charge < -0.3 is 128 Å². The van der Waals surface area contributed by atoms with Gasteiger partial charge in [-0.15, -0.1) is 0 Å². The summed E-state index contributed by atoms with van der Waals surface area (Å²) in [7, 11) is 0. The average molecular weight is 1750 g/mol. The van der Waals surface area contributed by atoms with Gasteiger partial charge in [0.05, 0.1) is 100 Å². The molecule has 5 aliphatic rings. The first-order chi connectivity index (χ1) is 64.0. The van der Waals surface area contributed by atoms with E-state index in [-0.39, 0.29) is 40.2 Å². The first kappa shape index (κ1) is 82.4.